The number of halogens is 1. The lowest BCUT2D eigenvalue weighted by molar-refractivity contribution is 0.198. The lowest BCUT2D eigenvalue weighted by Gasteiger charge is -2.32. The Morgan fingerprint density at radius 3 is 2.69 bits per heavy atom. The monoisotopic (exact) mass is 531 g/mol. The van der Waals surface area contributed by atoms with Crippen molar-refractivity contribution in [2.45, 2.75) is 65.1 Å². The Labute approximate surface area is 195 Å². The second kappa shape index (κ2) is 11.3. The van der Waals surface area contributed by atoms with E-state index in [2.05, 4.69) is 70.0 Å². The fourth-order valence-electron chi connectivity index (χ4n) is 3.27. The second-order valence-electron chi connectivity index (χ2n) is 8.39. The Morgan fingerprint density at radius 1 is 1.34 bits per heavy atom. The normalized spacial score (nSPS) is 16.5. The molecule has 0 unspecified atom stereocenters. The summed E-state index contributed by atoms with van der Waals surface area (Å²) in [5.41, 5.74) is 1.39. The van der Waals surface area contributed by atoms with E-state index in [9.17, 15) is 0 Å². The van der Waals surface area contributed by atoms with E-state index in [4.69, 9.17) is 4.42 Å². The van der Waals surface area contributed by atoms with Gasteiger partial charge in [-0.3, -0.25) is 4.90 Å². The van der Waals surface area contributed by atoms with Gasteiger partial charge in [-0.05, 0) is 42.2 Å². The molecule has 0 atom stereocenters. The lowest BCUT2D eigenvalue weighted by atomic mass is 9.94. The summed E-state index contributed by atoms with van der Waals surface area (Å²) < 4.78 is 5.85. The minimum absolute atomic E-state index is 0. The highest BCUT2D eigenvalue weighted by molar-refractivity contribution is 14.0. The van der Waals surface area contributed by atoms with Gasteiger partial charge in [0, 0.05) is 37.6 Å². The molecule has 0 aromatic carbocycles. The Morgan fingerprint density at radius 2 is 2.10 bits per heavy atom. The maximum absolute atomic E-state index is 5.85. The molecule has 0 amide bonds. The molecule has 2 N–H and O–H groups in total. The third-order valence-electron chi connectivity index (χ3n) is 4.92. The Bertz CT molecular complexity index is 745. The zero-order chi connectivity index (χ0) is 20.0. The minimum Gasteiger partial charge on any atom is -0.443 e. The Kier molecular flexibility index (Phi) is 9.42. The van der Waals surface area contributed by atoms with Crippen LogP contribution in [0.15, 0.2) is 32.4 Å². The minimum atomic E-state index is -0.0330. The van der Waals surface area contributed by atoms with Crippen molar-refractivity contribution in [3.8, 4) is 0 Å². The van der Waals surface area contributed by atoms with Gasteiger partial charge in [-0.1, -0.05) is 20.8 Å². The first-order chi connectivity index (χ1) is 13.4. The molecule has 3 heterocycles. The SMILES string of the molecule is CCNC(=NCc1ncc(C(C)(C)C)o1)NC1CCN(Cc2ccsc2)CC1.I. The van der Waals surface area contributed by atoms with Crippen LogP contribution in [0, 0.1) is 0 Å². The van der Waals surface area contributed by atoms with Gasteiger partial charge in [-0.2, -0.15) is 11.3 Å². The molecule has 1 fully saturated rings. The number of likely N-dealkylation sites (tertiary alicyclic amines) is 1. The molecule has 0 spiro atoms. The van der Waals surface area contributed by atoms with Gasteiger partial charge in [0.15, 0.2) is 5.96 Å². The van der Waals surface area contributed by atoms with Crippen LogP contribution in [0.5, 0.6) is 0 Å². The number of hydrogen-bond donors (Lipinski definition) is 2. The molecule has 1 aliphatic heterocycles. The second-order valence-corrected chi connectivity index (χ2v) is 9.17. The maximum atomic E-state index is 5.85. The van der Waals surface area contributed by atoms with Crippen LogP contribution in [0.2, 0.25) is 0 Å². The maximum Gasteiger partial charge on any atom is 0.216 e. The smallest absolute Gasteiger partial charge is 0.216 e. The van der Waals surface area contributed by atoms with Crippen LogP contribution < -0.4 is 10.6 Å². The summed E-state index contributed by atoms with van der Waals surface area (Å²) in [6.45, 7) is 13.0. The van der Waals surface area contributed by atoms with Crippen LogP contribution in [0.1, 0.15) is 57.8 Å². The number of rotatable bonds is 6. The van der Waals surface area contributed by atoms with E-state index >= 15 is 0 Å². The molecular formula is C21H34IN5OS. The van der Waals surface area contributed by atoms with Crippen molar-refractivity contribution in [3.63, 3.8) is 0 Å². The van der Waals surface area contributed by atoms with Crippen molar-refractivity contribution in [3.05, 3.63) is 40.2 Å². The van der Waals surface area contributed by atoms with E-state index in [0.717, 1.165) is 50.7 Å². The molecule has 2 aromatic rings. The van der Waals surface area contributed by atoms with E-state index in [1.807, 2.05) is 6.20 Å². The average molecular weight is 532 g/mol. The summed E-state index contributed by atoms with van der Waals surface area (Å²) >= 11 is 1.77. The van der Waals surface area contributed by atoms with Gasteiger partial charge in [0.25, 0.3) is 0 Å². The van der Waals surface area contributed by atoms with Gasteiger partial charge in [-0.25, -0.2) is 9.98 Å². The van der Waals surface area contributed by atoms with E-state index < -0.39 is 0 Å². The largest absolute Gasteiger partial charge is 0.443 e. The molecule has 2 aromatic heterocycles. The van der Waals surface area contributed by atoms with Crippen LogP contribution in [-0.4, -0.2) is 41.5 Å². The molecule has 0 radical (unpaired) electrons. The molecule has 1 saturated heterocycles. The zero-order valence-electron chi connectivity index (χ0n) is 17.9. The van der Waals surface area contributed by atoms with Gasteiger partial charge in [-0.15, -0.1) is 24.0 Å². The number of oxazole rings is 1. The summed E-state index contributed by atoms with van der Waals surface area (Å²) in [5, 5.41) is 11.3. The number of hydrogen-bond acceptors (Lipinski definition) is 5. The highest BCUT2D eigenvalue weighted by Crippen LogP contribution is 2.22. The first kappa shape index (κ1) is 24.1. The van der Waals surface area contributed by atoms with Crippen molar-refractivity contribution < 1.29 is 4.42 Å². The van der Waals surface area contributed by atoms with Crippen LogP contribution in [0.3, 0.4) is 0 Å². The third-order valence-corrected chi connectivity index (χ3v) is 5.66. The van der Waals surface area contributed by atoms with Crippen molar-refractivity contribution in [2.24, 2.45) is 4.99 Å². The number of nitrogens with one attached hydrogen (secondary N) is 2. The Balaban J connectivity index is 0.00000300. The first-order valence-electron chi connectivity index (χ1n) is 10.2. The van der Waals surface area contributed by atoms with Crippen molar-refractivity contribution in [1.82, 2.24) is 20.5 Å². The van der Waals surface area contributed by atoms with Crippen molar-refractivity contribution in [2.75, 3.05) is 19.6 Å². The molecule has 6 nitrogen and oxygen atoms in total. The summed E-state index contributed by atoms with van der Waals surface area (Å²) in [6, 6.07) is 2.67. The molecule has 8 heteroatoms. The summed E-state index contributed by atoms with van der Waals surface area (Å²) in [4.78, 5) is 11.6. The van der Waals surface area contributed by atoms with E-state index in [-0.39, 0.29) is 29.4 Å². The van der Waals surface area contributed by atoms with E-state index in [1.165, 1.54) is 5.56 Å². The molecular weight excluding hydrogens is 497 g/mol. The van der Waals surface area contributed by atoms with Gasteiger partial charge < -0.3 is 15.1 Å². The fourth-order valence-corrected chi connectivity index (χ4v) is 3.93. The standard InChI is InChI=1S/C21H33N5OS.HI/c1-5-22-20(24-13-19-23-12-18(27-19)21(2,3)4)25-17-6-9-26(10-7-17)14-16-8-11-28-15-16;/h8,11-12,15,17H,5-7,9-10,13-14H2,1-4H3,(H2,22,24,25);1H. The number of nitrogens with zero attached hydrogens (tertiary/aromatic N) is 3. The van der Waals surface area contributed by atoms with Gasteiger partial charge in [0.05, 0.1) is 6.20 Å². The molecule has 162 valence electrons. The summed E-state index contributed by atoms with van der Waals surface area (Å²) in [7, 11) is 0. The van der Waals surface area contributed by atoms with Crippen LogP contribution in [-0.2, 0) is 18.5 Å². The van der Waals surface area contributed by atoms with E-state index in [1.54, 1.807) is 11.3 Å². The molecule has 0 saturated carbocycles. The Hall–Kier alpha value is -1.13. The number of aromatic nitrogens is 1. The summed E-state index contributed by atoms with van der Waals surface area (Å²) in [6.07, 6.45) is 4.07. The van der Waals surface area contributed by atoms with Gasteiger partial charge in [0.2, 0.25) is 5.89 Å². The molecule has 29 heavy (non-hydrogen) atoms. The fraction of sp³-hybridized carbons (Fsp3) is 0.619. The van der Waals surface area contributed by atoms with Gasteiger partial charge >= 0.3 is 0 Å². The van der Waals surface area contributed by atoms with Crippen LogP contribution >= 0.6 is 35.3 Å². The topological polar surface area (TPSA) is 65.7 Å². The lowest BCUT2D eigenvalue weighted by Crippen LogP contribution is -2.48. The predicted molar refractivity (Wildman–Crippen MR) is 131 cm³/mol. The zero-order valence-corrected chi connectivity index (χ0v) is 21.0. The number of thiophene rings is 1. The van der Waals surface area contributed by atoms with Crippen molar-refractivity contribution >= 4 is 41.3 Å². The molecule has 3 rings (SSSR count). The number of aliphatic imine (C=N–C) groups is 1. The van der Waals surface area contributed by atoms with E-state index in [0.29, 0.717) is 18.5 Å². The highest BCUT2D eigenvalue weighted by atomic mass is 127. The van der Waals surface area contributed by atoms with Crippen LogP contribution in [0.25, 0.3) is 0 Å². The highest BCUT2D eigenvalue weighted by Gasteiger charge is 2.21. The molecule has 1 aliphatic rings. The quantitative estimate of drug-likeness (QED) is 0.329. The molecule has 0 bridgehead atoms. The number of guanidine groups is 1. The third kappa shape index (κ3) is 7.57. The number of piperidine rings is 1. The van der Waals surface area contributed by atoms with Gasteiger partial charge in [0.1, 0.15) is 12.3 Å². The predicted octanol–water partition coefficient (Wildman–Crippen LogP) is 4.37. The van der Waals surface area contributed by atoms with Crippen molar-refractivity contribution in [1.29, 1.82) is 0 Å². The summed E-state index contributed by atoms with van der Waals surface area (Å²) in [5.74, 6) is 2.40. The van der Waals surface area contributed by atoms with Crippen LogP contribution in [0.4, 0.5) is 0 Å². The first-order valence-corrected chi connectivity index (χ1v) is 11.1. The average Bonchev–Trinajstić information content (AvgIpc) is 3.33. The molecule has 0 aliphatic carbocycles.